The summed E-state index contributed by atoms with van der Waals surface area (Å²) in [7, 11) is 0. The number of hydrazone groups is 1. The molecule has 0 unspecified atom stereocenters. The van der Waals surface area contributed by atoms with Crippen molar-refractivity contribution in [1.82, 2.24) is 10.4 Å². The minimum Gasteiger partial charge on any atom is -0.421 e. The summed E-state index contributed by atoms with van der Waals surface area (Å²) in [6.07, 6.45) is 4.42. The van der Waals surface area contributed by atoms with E-state index in [-0.39, 0.29) is 5.75 Å². The van der Waals surface area contributed by atoms with Crippen molar-refractivity contribution in [2.24, 2.45) is 5.10 Å². The van der Waals surface area contributed by atoms with Crippen molar-refractivity contribution >= 4 is 72.5 Å². The van der Waals surface area contributed by atoms with E-state index in [0.29, 0.717) is 21.2 Å². The molecule has 146 valence electrons. The van der Waals surface area contributed by atoms with Crippen LogP contribution in [-0.2, 0) is 0 Å². The van der Waals surface area contributed by atoms with Gasteiger partial charge in [0, 0.05) is 26.0 Å². The number of pyridine rings is 1. The van der Waals surface area contributed by atoms with Crippen molar-refractivity contribution in [2.45, 2.75) is 0 Å². The molecule has 2 aromatic carbocycles. The first-order valence-corrected chi connectivity index (χ1v) is 10.8. The zero-order valence-corrected chi connectivity index (χ0v) is 19.9. The summed E-state index contributed by atoms with van der Waals surface area (Å²) in [4.78, 5) is 28.6. The van der Waals surface area contributed by atoms with Crippen molar-refractivity contribution in [3.8, 4) is 5.75 Å². The number of halogens is 3. The highest BCUT2D eigenvalue weighted by Gasteiger charge is 2.17. The SMILES string of the molecule is O=C(N/N=C/c1cc(Br)cc(Br)c1OC(=O)c1ccccc1I)c1cccnc1. The second-order valence-corrected chi connectivity index (χ2v) is 8.55. The Morgan fingerprint density at radius 3 is 2.66 bits per heavy atom. The standard InChI is InChI=1S/C20H12Br2IN3O3/c21-14-8-13(11-25-26-19(27)12-4-3-7-24-10-12)18(16(22)9-14)29-20(28)15-5-1-2-6-17(15)23/h1-11H,(H,26,27)/b25-11+. The van der Waals surface area contributed by atoms with Crippen molar-refractivity contribution < 1.29 is 14.3 Å². The van der Waals surface area contributed by atoms with Crippen LogP contribution < -0.4 is 10.2 Å². The molecule has 1 heterocycles. The Hall–Kier alpha value is -2.11. The van der Waals surface area contributed by atoms with E-state index in [0.717, 1.165) is 8.04 Å². The van der Waals surface area contributed by atoms with Crippen molar-refractivity contribution in [2.75, 3.05) is 0 Å². The number of carbonyl (C=O) groups is 2. The van der Waals surface area contributed by atoms with Crippen LogP contribution >= 0.6 is 54.5 Å². The molecule has 0 bridgehead atoms. The highest BCUT2D eigenvalue weighted by molar-refractivity contribution is 14.1. The Labute approximate surface area is 197 Å². The Balaban J connectivity index is 1.83. The summed E-state index contributed by atoms with van der Waals surface area (Å²) in [6, 6.07) is 13.9. The molecule has 3 rings (SSSR count). The topological polar surface area (TPSA) is 80.6 Å². The number of rotatable bonds is 5. The number of hydrogen-bond acceptors (Lipinski definition) is 5. The molecule has 0 fully saturated rings. The predicted molar refractivity (Wildman–Crippen MR) is 125 cm³/mol. The monoisotopic (exact) mass is 627 g/mol. The Morgan fingerprint density at radius 1 is 1.14 bits per heavy atom. The lowest BCUT2D eigenvalue weighted by Gasteiger charge is -2.11. The van der Waals surface area contributed by atoms with Crippen molar-refractivity contribution in [1.29, 1.82) is 0 Å². The summed E-state index contributed by atoms with van der Waals surface area (Å²) >= 11 is 8.88. The molecule has 29 heavy (non-hydrogen) atoms. The first kappa shape index (κ1) is 21.6. The molecule has 0 aliphatic carbocycles. The van der Waals surface area contributed by atoms with Gasteiger partial charge in [-0.15, -0.1) is 0 Å². The fourth-order valence-electron chi connectivity index (χ4n) is 2.28. The Kier molecular flexibility index (Phi) is 7.51. The molecule has 9 heteroatoms. The first-order chi connectivity index (χ1) is 14.0. The highest BCUT2D eigenvalue weighted by Crippen LogP contribution is 2.33. The van der Waals surface area contributed by atoms with Crippen LogP contribution in [0.3, 0.4) is 0 Å². The van der Waals surface area contributed by atoms with Crippen LogP contribution in [0, 0.1) is 3.57 Å². The second-order valence-electron chi connectivity index (χ2n) is 5.62. The van der Waals surface area contributed by atoms with Gasteiger partial charge in [0.25, 0.3) is 5.91 Å². The molecule has 6 nitrogen and oxygen atoms in total. The van der Waals surface area contributed by atoms with Gasteiger partial charge in [-0.25, -0.2) is 10.2 Å². The smallest absolute Gasteiger partial charge is 0.344 e. The fourth-order valence-corrected chi connectivity index (χ4v) is 4.23. The second kappa shape index (κ2) is 10.1. The number of nitrogens with one attached hydrogen (secondary N) is 1. The maximum absolute atomic E-state index is 12.6. The van der Waals surface area contributed by atoms with Crippen LogP contribution in [0.4, 0.5) is 0 Å². The molecule has 0 saturated heterocycles. The molecule has 1 amide bonds. The minimum atomic E-state index is -0.493. The number of aromatic nitrogens is 1. The molecule has 0 spiro atoms. The fraction of sp³-hybridized carbons (Fsp3) is 0. The highest BCUT2D eigenvalue weighted by atomic mass is 127. The number of ether oxygens (including phenoxy) is 1. The number of hydrogen-bond donors (Lipinski definition) is 1. The van der Waals surface area contributed by atoms with Gasteiger partial charge in [0.1, 0.15) is 0 Å². The van der Waals surface area contributed by atoms with Gasteiger partial charge in [-0.05, 0) is 74.9 Å². The zero-order valence-electron chi connectivity index (χ0n) is 14.6. The molecule has 0 aliphatic rings. The summed E-state index contributed by atoms with van der Waals surface area (Å²) in [5.74, 6) is -0.606. The van der Waals surface area contributed by atoms with Crippen LogP contribution in [-0.4, -0.2) is 23.1 Å². The summed E-state index contributed by atoms with van der Waals surface area (Å²) in [6.45, 7) is 0. The van der Waals surface area contributed by atoms with Gasteiger partial charge in [0.05, 0.1) is 21.8 Å². The van der Waals surface area contributed by atoms with Crippen molar-refractivity contribution in [3.63, 3.8) is 0 Å². The van der Waals surface area contributed by atoms with Gasteiger partial charge in [0.15, 0.2) is 5.75 Å². The van der Waals surface area contributed by atoms with E-state index in [1.54, 1.807) is 42.6 Å². The van der Waals surface area contributed by atoms with Crippen LogP contribution in [0.1, 0.15) is 26.3 Å². The lowest BCUT2D eigenvalue weighted by atomic mass is 10.2. The largest absolute Gasteiger partial charge is 0.421 e. The third-order valence-corrected chi connectivity index (χ3v) is 5.61. The molecule has 0 atom stereocenters. The van der Waals surface area contributed by atoms with Gasteiger partial charge in [-0.2, -0.15) is 5.10 Å². The molecule has 1 N–H and O–H groups in total. The van der Waals surface area contributed by atoms with Crippen molar-refractivity contribution in [3.05, 3.63) is 90.1 Å². The van der Waals surface area contributed by atoms with Crippen LogP contribution in [0.2, 0.25) is 0 Å². The van der Waals surface area contributed by atoms with Crippen LogP contribution in [0.25, 0.3) is 0 Å². The average molecular weight is 629 g/mol. The van der Waals surface area contributed by atoms with Gasteiger partial charge >= 0.3 is 5.97 Å². The lowest BCUT2D eigenvalue weighted by molar-refractivity contribution is 0.0731. The Morgan fingerprint density at radius 2 is 1.93 bits per heavy atom. The van der Waals surface area contributed by atoms with Crippen LogP contribution in [0.5, 0.6) is 5.75 Å². The minimum absolute atomic E-state index is 0.289. The molecule has 3 aromatic rings. The number of amides is 1. The normalized spacial score (nSPS) is 10.7. The lowest BCUT2D eigenvalue weighted by Crippen LogP contribution is -2.18. The number of esters is 1. The van der Waals surface area contributed by atoms with Gasteiger partial charge < -0.3 is 4.74 Å². The Bertz CT molecular complexity index is 1090. The number of nitrogens with zero attached hydrogens (tertiary/aromatic N) is 2. The average Bonchev–Trinajstić information content (AvgIpc) is 2.71. The van der Waals surface area contributed by atoms with E-state index in [2.05, 4.69) is 70.0 Å². The van der Waals surface area contributed by atoms with Gasteiger partial charge in [0.2, 0.25) is 0 Å². The first-order valence-electron chi connectivity index (χ1n) is 8.15. The van der Waals surface area contributed by atoms with Gasteiger partial charge in [-0.1, -0.05) is 28.1 Å². The quantitative estimate of drug-likeness (QED) is 0.139. The predicted octanol–water partition coefficient (Wildman–Crippen LogP) is 5.19. The molecule has 0 saturated carbocycles. The third kappa shape index (κ3) is 5.71. The summed E-state index contributed by atoms with van der Waals surface area (Å²) in [5.41, 5.74) is 3.76. The van der Waals surface area contributed by atoms with E-state index < -0.39 is 11.9 Å². The number of carbonyl (C=O) groups excluding carboxylic acids is 2. The van der Waals surface area contributed by atoms with E-state index >= 15 is 0 Å². The maximum Gasteiger partial charge on any atom is 0.344 e. The third-order valence-electron chi connectivity index (χ3n) is 3.62. The van der Waals surface area contributed by atoms with Crippen LogP contribution in [0.15, 0.2) is 75.0 Å². The molecular formula is C20H12Br2IN3O3. The zero-order chi connectivity index (χ0) is 20.8. The molecule has 0 radical (unpaired) electrons. The summed E-state index contributed by atoms with van der Waals surface area (Å²) in [5, 5.41) is 3.97. The maximum atomic E-state index is 12.6. The number of benzene rings is 2. The van der Waals surface area contributed by atoms with E-state index in [4.69, 9.17) is 4.74 Å². The van der Waals surface area contributed by atoms with Gasteiger partial charge in [-0.3, -0.25) is 9.78 Å². The van der Waals surface area contributed by atoms with E-state index in [1.807, 2.05) is 12.1 Å². The molecule has 0 aliphatic heterocycles. The molecular weight excluding hydrogens is 617 g/mol. The van der Waals surface area contributed by atoms with E-state index in [1.165, 1.54) is 12.4 Å². The summed E-state index contributed by atoms with van der Waals surface area (Å²) < 4.78 is 7.70. The molecule has 1 aromatic heterocycles. The van der Waals surface area contributed by atoms with E-state index in [9.17, 15) is 9.59 Å².